The fourth-order valence-corrected chi connectivity index (χ4v) is 3.93. The molecule has 5 heteroatoms. The third-order valence-electron chi connectivity index (χ3n) is 5.28. The summed E-state index contributed by atoms with van der Waals surface area (Å²) in [5.74, 6) is 1.87. The summed E-state index contributed by atoms with van der Waals surface area (Å²) >= 11 is 0. The van der Waals surface area contributed by atoms with Gasteiger partial charge in [-0.3, -0.25) is 4.79 Å². The van der Waals surface area contributed by atoms with Gasteiger partial charge in [0.15, 0.2) is 0 Å². The third-order valence-corrected chi connectivity index (χ3v) is 5.28. The number of hydrogen-bond donors (Lipinski definition) is 0. The second kappa shape index (κ2) is 7.87. The molecule has 0 saturated carbocycles. The first-order valence-corrected chi connectivity index (χ1v) is 9.41. The standard InChI is InChI=1S/C24H23NO4/c1-27-17-13-20(28-2)22(21(14-17)29-3)23-18-11-7-8-12-19(18)24(26)25(23)15-16-9-5-4-6-10-16/h4-14,23H,15H2,1-3H3. The van der Waals surface area contributed by atoms with Crippen molar-refractivity contribution in [2.24, 2.45) is 0 Å². The largest absolute Gasteiger partial charge is 0.496 e. The van der Waals surface area contributed by atoms with Crippen LogP contribution in [0.2, 0.25) is 0 Å². The lowest BCUT2D eigenvalue weighted by atomic mass is 9.95. The molecule has 1 aliphatic rings. The number of rotatable bonds is 6. The maximum absolute atomic E-state index is 13.3. The smallest absolute Gasteiger partial charge is 0.255 e. The maximum atomic E-state index is 13.3. The maximum Gasteiger partial charge on any atom is 0.255 e. The lowest BCUT2D eigenvalue weighted by Gasteiger charge is -2.28. The minimum absolute atomic E-state index is 0.00521. The van der Waals surface area contributed by atoms with Gasteiger partial charge in [-0.2, -0.15) is 0 Å². The van der Waals surface area contributed by atoms with E-state index in [-0.39, 0.29) is 11.9 Å². The van der Waals surface area contributed by atoms with Crippen molar-refractivity contribution in [3.05, 3.63) is 89.0 Å². The molecule has 0 bridgehead atoms. The van der Waals surface area contributed by atoms with Crippen molar-refractivity contribution in [3.8, 4) is 17.2 Å². The summed E-state index contributed by atoms with van der Waals surface area (Å²) in [7, 11) is 4.83. The Bertz CT molecular complexity index is 1010. The molecular weight excluding hydrogens is 366 g/mol. The third kappa shape index (κ3) is 3.29. The molecule has 0 aromatic heterocycles. The number of amides is 1. The Hall–Kier alpha value is -3.47. The predicted octanol–water partition coefficient (Wildman–Crippen LogP) is 4.46. The van der Waals surface area contributed by atoms with Crippen LogP contribution in [0.4, 0.5) is 0 Å². The van der Waals surface area contributed by atoms with Crippen molar-refractivity contribution in [1.29, 1.82) is 0 Å². The molecule has 1 unspecified atom stereocenters. The van der Waals surface area contributed by atoms with Crippen molar-refractivity contribution < 1.29 is 19.0 Å². The predicted molar refractivity (Wildman–Crippen MR) is 111 cm³/mol. The summed E-state index contributed by atoms with van der Waals surface area (Å²) < 4.78 is 16.8. The van der Waals surface area contributed by atoms with Crippen LogP contribution in [0.25, 0.3) is 0 Å². The van der Waals surface area contributed by atoms with E-state index in [2.05, 4.69) is 0 Å². The second-order valence-corrected chi connectivity index (χ2v) is 6.85. The summed E-state index contributed by atoms with van der Waals surface area (Å²) in [6, 6.07) is 21.0. The molecule has 0 aliphatic carbocycles. The fourth-order valence-electron chi connectivity index (χ4n) is 3.93. The molecule has 0 N–H and O–H groups in total. The molecule has 0 fully saturated rings. The van der Waals surface area contributed by atoms with Crippen molar-refractivity contribution in [2.45, 2.75) is 12.6 Å². The van der Waals surface area contributed by atoms with Crippen LogP contribution < -0.4 is 14.2 Å². The minimum Gasteiger partial charge on any atom is -0.496 e. The first-order valence-electron chi connectivity index (χ1n) is 9.41. The van der Waals surface area contributed by atoms with Gasteiger partial charge >= 0.3 is 0 Å². The number of carbonyl (C=O) groups is 1. The Kier molecular flexibility index (Phi) is 5.12. The first kappa shape index (κ1) is 18.9. The Balaban J connectivity index is 1.90. The highest BCUT2D eigenvalue weighted by Gasteiger charge is 2.40. The Morgan fingerprint density at radius 2 is 1.45 bits per heavy atom. The molecule has 5 nitrogen and oxygen atoms in total. The van der Waals surface area contributed by atoms with Gasteiger partial charge in [0.1, 0.15) is 17.2 Å². The molecule has 148 valence electrons. The quantitative estimate of drug-likeness (QED) is 0.625. The van der Waals surface area contributed by atoms with Gasteiger partial charge in [0.25, 0.3) is 5.91 Å². The lowest BCUT2D eigenvalue weighted by molar-refractivity contribution is 0.0733. The van der Waals surface area contributed by atoms with Crippen molar-refractivity contribution >= 4 is 5.91 Å². The van der Waals surface area contributed by atoms with Crippen molar-refractivity contribution in [3.63, 3.8) is 0 Å². The normalized spacial score (nSPS) is 15.2. The summed E-state index contributed by atoms with van der Waals surface area (Å²) in [6.45, 7) is 0.483. The average Bonchev–Trinajstić information content (AvgIpc) is 3.05. The van der Waals surface area contributed by atoms with E-state index in [9.17, 15) is 4.79 Å². The highest BCUT2D eigenvalue weighted by molar-refractivity contribution is 6.00. The number of fused-ring (bicyclic) bond motifs is 1. The van der Waals surface area contributed by atoms with Gasteiger partial charge in [0, 0.05) is 24.2 Å². The molecule has 1 amide bonds. The SMILES string of the molecule is COc1cc(OC)c(C2c3ccccc3C(=O)N2Cc2ccccc2)c(OC)c1. The average molecular weight is 389 g/mol. The first-order chi connectivity index (χ1) is 14.2. The topological polar surface area (TPSA) is 48.0 Å². The van der Waals surface area contributed by atoms with Crippen LogP contribution in [-0.2, 0) is 6.54 Å². The van der Waals surface area contributed by atoms with Crippen LogP contribution in [-0.4, -0.2) is 32.1 Å². The molecule has 1 atom stereocenters. The van der Waals surface area contributed by atoms with Crippen LogP contribution in [0.3, 0.4) is 0 Å². The number of benzene rings is 3. The number of carbonyl (C=O) groups excluding carboxylic acids is 1. The second-order valence-electron chi connectivity index (χ2n) is 6.85. The summed E-state index contributed by atoms with van der Waals surface area (Å²) in [4.78, 5) is 15.2. The van der Waals surface area contributed by atoms with E-state index in [0.29, 0.717) is 29.4 Å². The van der Waals surface area contributed by atoms with Gasteiger partial charge in [-0.25, -0.2) is 0 Å². The Labute approximate surface area is 170 Å². The summed E-state index contributed by atoms with van der Waals surface area (Å²) in [5, 5.41) is 0. The molecule has 0 radical (unpaired) electrons. The molecular formula is C24H23NO4. The highest BCUT2D eigenvalue weighted by Crippen LogP contribution is 2.47. The van der Waals surface area contributed by atoms with Crippen LogP contribution in [0.5, 0.6) is 17.2 Å². The molecule has 3 aromatic carbocycles. The Morgan fingerprint density at radius 3 is 2.07 bits per heavy atom. The molecule has 4 rings (SSSR count). The molecule has 1 aliphatic heterocycles. The van der Waals surface area contributed by atoms with E-state index in [4.69, 9.17) is 14.2 Å². The molecule has 29 heavy (non-hydrogen) atoms. The number of nitrogens with zero attached hydrogens (tertiary/aromatic N) is 1. The van der Waals surface area contributed by atoms with Crippen molar-refractivity contribution in [1.82, 2.24) is 4.90 Å². The molecule has 0 saturated heterocycles. The van der Waals surface area contributed by atoms with Crippen LogP contribution >= 0.6 is 0 Å². The van der Waals surface area contributed by atoms with E-state index >= 15 is 0 Å². The monoisotopic (exact) mass is 389 g/mol. The van der Waals surface area contributed by atoms with Crippen molar-refractivity contribution in [2.75, 3.05) is 21.3 Å². The highest BCUT2D eigenvalue weighted by atomic mass is 16.5. The molecule has 0 spiro atoms. The van der Waals surface area contributed by atoms with E-state index in [1.165, 1.54) is 0 Å². The van der Waals surface area contributed by atoms with Gasteiger partial charge in [-0.05, 0) is 17.2 Å². The summed E-state index contributed by atoms with van der Waals surface area (Å²) in [6.07, 6.45) is 0. The van der Waals surface area contributed by atoms with Gasteiger partial charge < -0.3 is 19.1 Å². The zero-order valence-corrected chi connectivity index (χ0v) is 16.7. The number of ether oxygens (including phenoxy) is 3. The van der Waals surface area contributed by atoms with Gasteiger partial charge in [-0.15, -0.1) is 0 Å². The lowest BCUT2D eigenvalue weighted by Crippen LogP contribution is -2.28. The van der Waals surface area contributed by atoms with Gasteiger partial charge in [0.2, 0.25) is 0 Å². The number of hydrogen-bond acceptors (Lipinski definition) is 4. The van der Waals surface area contributed by atoms with Crippen LogP contribution in [0, 0.1) is 0 Å². The fraction of sp³-hybridized carbons (Fsp3) is 0.208. The van der Waals surface area contributed by atoms with E-state index in [1.807, 2.05) is 71.6 Å². The van der Waals surface area contributed by atoms with E-state index in [1.54, 1.807) is 21.3 Å². The number of methoxy groups -OCH3 is 3. The van der Waals surface area contributed by atoms with Crippen LogP contribution in [0.1, 0.15) is 33.1 Å². The van der Waals surface area contributed by atoms with Crippen LogP contribution in [0.15, 0.2) is 66.7 Å². The van der Waals surface area contributed by atoms with Gasteiger partial charge in [-0.1, -0.05) is 48.5 Å². The zero-order chi connectivity index (χ0) is 20.4. The van der Waals surface area contributed by atoms with E-state index < -0.39 is 0 Å². The minimum atomic E-state index is -0.324. The van der Waals surface area contributed by atoms with Gasteiger partial charge in [0.05, 0.1) is 32.9 Å². The molecule has 3 aromatic rings. The summed E-state index contributed by atoms with van der Waals surface area (Å²) in [5.41, 5.74) is 3.51. The zero-order valence-electron chi connectivity index (χ0n) is 16.7. The van der Waals surface area contributed by atoms with E-state index in [0.717, 1.165) is 16.7 Å². The Morgan fingerprint density at radius 1 is 0.828 bits per heavy atom. The molecule has 1 heterocycles.